The summed E-state index contributed by atoms with van der Waals surface area (Å²) < 4.78 is 0. The molecule has 0 radical (unpaired) electrons. The first-order chi connectivity index (χ1) is 6.20. The molecule has 1 aromatic rings. The first-order valence-electron chi connectivity index (χ1n) is 4.63. The molecule has 0 saturated carbocycles. The Morgan fingerprint density at radius 3 is 2.38 bits per heavy atom. The van der Waals surface area contributed by atoms with Gasteiger partial charge in [-0.25, -0.2) is 6.57 Å². The maximum atomic E-state index is 7.13. The zero-order valence-corrected chi connectivity index (χ0v) is 8.25. The van der Waals surface area contributed by atoms with Crippen molar-refractivity contribution in [1.82, 2.24) is 0 Å². The Morgan fingerprint density at radius 2 is 1.92 bits per heavy atom. The molecule has 13 heavy (non-hydrogen) atoms. The fraction of sp³-hybridized carbons (Fsp3) is 0.417. The monoisotopic (exact) mass is 173 g/mol. The van der Waals surface area contributed by atoms with Gasteiger partial charge in [-0.15, -0.1) is 0 Å². The molecule has 1 aromatic carbocycles. The van der Waals surface area contributed by atoms with Crippen LogP contribution in [0.25, 0.3) is 4.85 Å². The lowest BCUT2D eigenvalue weighted by Crippen LogP contribution is -2.21. The lowest BCUT2D eigenvalue weighted by Gasteiger charge is -2.14. The Hall–Kier alpha value is -1.29. The van der Waals surface area contributed by atoms with Crippen molar-refractivity contribution in [3.8, 4) is 0 Å². The topological polar surface area (TPSA) is 4.36 Å². The zero-order chi connectivity index (χ0) is 9.73. The van der Waals surface area contributed by atoms with Crippen LogP contribution < -0.4 is 0 Å². The highest BCUT2D eigenvalue weighted by Gasteiger charge is 2.27. The Balaban J connectivity index is 2.75. The van der Waals surface area contributed by atoms with E-state index in [-0.39, 0.29) is 5.54 Å². The Labute approximate surface area is 80.2 Å². The molecule has 0 fully saturated rings. The smallest absolute Gasteiger partial charge is 0.233 e. The first-order valence-corrected chi connectivity index (χ1v) is 4.63. The molecule has 0 saturated heterocycles. The van der Waals surface area contributed by atoms with Crippen LogP contribution in [0.15, 0.2) is 30.3 Å². The minimum Gasteiger partial charge on any atom is -0.310 e. The highest BCUT2D eigenvalue weighted by atomic mass is 14.8. The van der Waals surface area contributed by atoms with E-state index in [4.69, 9.17) is 6.57 Å². The Morgan fingerprint density at radius 1 is 1.31 bits per heavy atom. The van der Waals surface area contributed by atoms with Crippen LogP contribution in [0.1, 0.15) is 25.8 Å². The van der Waals surface area contributed by atoms with Gasteiger partial charge in [-0.1, -0.05) is 37.3 Å². The van der Waals surface area contributed by atoms with E-state index in [9.17, 15) is 0 Å². The molecule has 0 bridgehead atoms. The summed E-state index contributed by atoms with van der Waals surface area (Å²) >= 11 is 0. The molecule has 0 aliphatic rings. The van der Waals surface area contributed by atoms with Gasteiger partial charge in [-0.3, -0.25) is 0 Å². The molecule has 1 atom stereocenters. The van der Waals surface area contributed by atoms with Crippen molar-refractivity contribution in [2.75, 3.05) is 0 Å². The van der Waals surface area contributed by atoms with Gasteiger partial charge in [-0.2, -0.15) is 0 Å². The van der Waals surface area contributed by atoms with Crippen molar-refractivity contribution in [2.45, 2.75) is 32.2 Å². The van der Waals surface area contributed by atoms with Gasteiger partial charge in [0.2, 0.25) is 5.54 Å². The van der Waals surface area contributed by atoms with Crippen LogP contribution >= 0.6 is 0 Å². The number of hydrogen-bond acceptors (Lipinski definition) is 0. The number of rotatable bonds is 3. The third-order valence-electron chi connectivity index (χ3n) is 2.46. The highest BCUT2D eigenvalue weighted by Crippen LogP contribution is 2.20. The standard InChI is InChI=1S/C12H15N/c1-4-12(2,13-3)10-11-8-6-5-7-9-11/h5-9H,4,10H2,1-2H3/t12-/m0/s1. The summed E-state index contributed by atoms with van der Waals surface area (Å²) in [5.74, 6) is 0. The summed E-state index contributed by atoms with van der Waals surface area (Å²) in [7, 11) is 0. The summed E-state index contributed by atoms with van der Waals surface area (Å²) in [5, 5.41) is 0. The molecule has 0 N–H and O–H groups in total. The fourth-order valence-electron chi connectivity index (χ4n) is 1.28. The molecule has 1 heteroatoms. The lowest BCUT2D eigenvalue weighted by molar-refractivity contribution is 0.530. The Bertz CT molecular complexity index is 297. The maximum Gasteiger partial charge on any atom is 0.233 e. The van der Waals surface area contributed by atoms with E-state index < -0.39 is 0 Å². The second kappa shape index (κ2) is 4.09. The summed E-state index contributed by atoms with van der Waals surface area (Å²) in [5.41, 5.74) is 1.03. The van der Waals surface area contributed by atoms with Crippen molar-refractivity contribution in [3.63, 3.8) is 0 Å². The predicted molar refractivity (Wildman–Crippen MR) is 55.4 cm³/mol. The molecule has 0 spiro atoms. The van der Waals surface area contributed by atoms with Gasteiger partial charge in [0.25, 0.3) is 0 Å². The third kappa shape index (κ3) is 2.59. The van der Waals surface area contributed by atoms with Crippen molar-refractivity contribution >= 4 is 0 Å². The van der Waals surface area contributed by atoms with Crippen molar-refractivity contribution in [3.05, 3.63) is 47.3 Å². The third-order valence-corrected chi connectivity index (χ3v) is 2.46. The molecule has 0 unspecified atom stereocenters. The van der Waals surface area contributed by atoms with E-state index in [1.165, 1.54) is 5.56 Å². The van der Waals surface area contributed by atoms with E-state index in [1.807, 2.05) is 25.1 Å². The summed E-state index contributed by atoms with van der Waals surface area (Å²) in [6, 6.07) is 10.2. The number of nitrogens with zero attached hydrogens (tertiary/aromatic N) is 1. The second-order valence-electron chi connectivity index (χ2n) is 3.62. The second-order valence-corrected chi connectivity index (χ2v) is 3.62. The summed E-state index contributed by atoms with van der Waals surface area (Å²) in [4.78, 5) is 3.68. The van der Waals surface area contributed by atoms with E-state index >= 15 is 0 Å². The van der Waals surface area contributed by atoms with Gasteiger partial charge in [0.1, 0.15) is 0 Å². The molecule has 0 aliphatic carbocycles. The average molecular weight is 173 g/mol. The summed E-state index contributed by atoms with van der Waals surface area (Å²) in [6.07, 6.45) is 1.76. The molecular weight excluding hydrogens is 158 g/mol. The predicted octanol–water partition coefficient (Wildman–Crippen LogP) is 3.32. The minimum absolute atomic E-state index is 0.221. The lowest BCUT2D eigenvalue weighted by atomic mass is 9.91. The van der Waals surface area contributed by atoms with Crippen molar-refractivity contribution < 1.29 is 0 Å². The van der Waals surface area contributed by atoms with Crippen molar-refractivity contribution in [1.29, 1.82) is 0 Å². The quantitative estimate of drug-likeness (QED) is 0.618. The van der Waals surface area contributed by atoms with Crippen LogP contribution in [-0.2, 0) is 6.42 Å². The molecule has 0 aromatic heterocycles. The fourth-order valence-corrected chi connectivity index (χ4v) is 1.28. The SMILES string of the molecule is [C-]#[N+][C@@](C)(CC)Cc1ccccc1. The molecule has 0 amide bonds. The average Bonchev–Trinajstić information content (AvgIpc) is 2.19. The van der Waals surface area contributed by atoms with Crippen LogP contribution in [0.4, 0.5) is 0 Å². The van der Waals surface area contributed by atoms with Crippen LogP contribution in [0.2, 0.25) is 0 Å². The maximum absolute atomic E-state index is 7.13. The van der Waals surface area contributed by atoms with Gasteiger partial charge in [0.05, 0.1) is 6.42 Å². The molecule has 0 aliphatic heterocycles. The normalized spacial score (nSPS) is 14.5. The number of hydrogen-bond donors (Lipinski definition) is 0. The molecular formula is C12H15N. The molecule has 1 nitrogen and oxygen atoms in total. The highest BCUT2D eigenvalue weighted by molar-refractivity contribution is 5.19. The van der Waals surface area contributed by atoms with E-state index in [1.54, 1.807) is 0 Å². The van der Waals surface area contributed by atoms with Gasteiger partial charge >= 0.3 is 0 Å². The minimum atomic E-state index is -0.221. The largest absolute Gasteiger partial charge is 0.310 e. The zero-order valence-electron chi connectivity index (χ0n) is 8.25. The van der Waals surface area contributed by atoms with Crippen LogP contribution in [0, 0.1) is 6.57 Å². The van der Waals surface area contributed by atoms with Gasteiger partial charge < -0.3 is 4.85 Å². The Kier molecular flexibility index (Phi) is 3.08. The van der Waals surface area contributed by atoms with E-state index in [0.29, 0.717) is 0 Å². The van der Waals surface area contributed by atoms with Crippen LogP contribution in [0.3, 0.4) is 0 Å². The van der Waals surface area contributed by atoms with E-state index in [0.717, 1.165) is 12.8 Å². The summed E-state index contributed by atoms with van der Waals surface area (Å²) in [6.45, 7) is 11.2. The number of benzene rings is 1. The van der Waals surface area contributed by atoms with Gasteiger partial charge in [-0.05, 0) is 5.56 Å². The van der Waals surface area contributed by atoms with Gasteiger partial charge in [0, 0.05) is 13.3 Å². The van der Waals surface area contributed by atoms with Crippen molar-refractivity contribution in [2.24, 2.45) is 0 Å². The first kappa shape index (κ1) is 9.80. The molecule has 0 heterocycles. The van der Waals surface area contributed by atoms with Crippen LogP contribution in [0.5, 0.6) is 0 Å². The molecule has 68 valence electrons. The van der Waals surface area contributed by atoms with Crippen LogP contribution in [-0.4, -0.2) is 5.54 Å². The van der Waals surface area contributed by atoms with Gasteiger partial charge in [0.15, 0.2) is 0 Å². The molecule has 1 rings (SSSR count). The van der Waals surface area contributed by atoms with E-state index in [2.05, 4.69) is 23.9 Å².